The molecule has 1 amide bonds. The van der Waals surface area contributed by atoms with Crippen molar-refractivity contribution >= 4 is 23.6 Å². The summed E-state index contributed by atoms with van der Waals surface area (Å²) in [5.74, 6) is -1.09. The summed E-state index contributed by atoms with van der Waals surface area (Å²) in [6.07, 6.45) is 2.52. The van der Waals surface area contributed by atoms with Crippen LogP contribution in [-0.4, -0.2) is 41.2 Å². The van der Waals surface area contributed by atoms with Crippen molar-refractivity contribution in [3.05, 3.63) is 29.3 Å². The van der Waals surface area contributed by atoms with Gasteiger partial charge in [-0.2, -0.15) is 0 Å². The van der Waals surface area contributed by atoms with Gasteiger partial charge in [-0.25, -0.2) is 0 Å². The largest absolute Gasteiger partial charge is 0.481 e. The van der Waals surface area contributed by atoms with Gasteiger partial charge in [-0.3, -0.25) is 9.59 Å². The third-order valence-corrected chi connectivity index (χ3v) is 4.91. The average molecular weight is 307 g/mol. The number of carbonyl (C=O) groups excluding carboxylic acids is 1. The highest BCUT2D eigenvalue weighted by Crippen LogP contribution is 2.26. The molecular formula is C16H21NO3S. The Kier molecular flexibility index (Phi) is 4.93. The van der Waals surface area contributed by atoms with Crippen molar-refractivity contribution in [3.8, 4) is 0 Å². The quantitative estimate of drug-likeness (QED) is 0.872. The molecule has 1 aliphatic rings. The van der Waals surface area contributed by atoms with Gasteiger partial charge in [0.2, 0.25) is 0 Å². The molecule has 2 rings (SSSR count). The molecule has 0 aromatic heterocycles. The molecule has 0 aliphatic carbocycles. The van der Waals surface area contributed by atoms with Crippen LogP contribution in [0.4, 0.5) is 0 Å². The van der Waals surface area contributed by atoms with Crippen molar-refractivity contribution in [3.63, 3.8) is 0 Å². The number of rotatable bonds is 3. The van der Waals surface area contributed by atoms with E-state index in [1.807, 2.05) is 38.3 Å². The summed E-state index contributed by atoms with van der Waals surface area (Å²) < 4.78 is 0. The van der Waals surface area contributed by atoms with Gasteiger partial charge in [-0.15, -0.1) is 11.8 Å². The zero-order valence-corrected chi connectivity index (χ0v) is 13.4. The Hall–Kier alpha value is -1.49. The van der Waals surface area contributed by atoms with Crippen LogP contribution in [0.5, 0.6) is 0 Å². The van der Waals surface area contributed by atoms with E-state index in [2.05, 4.69) is 0 Å². The fraction of sp³-hybridized carbons (Fsp3) is 0.500. The monoisotopic (exact) mass is 307 g/mol. The molecule has 2 unspecified atom stereocenters. The van der Waals surface area contributed by atoms with Crippen LogP contribution in [0.1, 0.15) is 29.3 Å². The van der Waals surface area contributed by atoms with E-state index in [-0.39, 0.29) is 17.7 Å². The molecule has 0 spiro atoms. The summed E-state index contributed by atoms with van der Waals surface area (Å²) in [5.41, 5.74) is 1.69. The fourth-order valence-corrected chi connectivity index (χ4v) is 3.27. The van der Waals surface area contributed by atoms with Crippen LogP contribution < -0.4 is 0 Å². The maximum absolute atomic E-state index is 12.7. The fourth-order valence-electron chi connectivity index (χ4n) is 2.83. The molecule has 4 nitrogen and oxygen atoms in total. The minimum absolute atomic E-state index is 0.00996. The number of likely N-dealkylation sites (tertiary alicyclic amines) is 1. The van der Waals surface area contributed by atoms with E-state index in [1.54, 1.807) is 16.7 Å². The highest BCUT2D eigenvalue weighted by molar-refractivity contribution is 7.98. The van der Waals surface area contributed by atoms with E-state index in [9.17, 15) is 9.59 Å². The molecule has 1 heterocycles. The predicted octanol–water partition coefficient (Wildman–Crippen LogP) is 2.90. The molecular weight excluding hydrogens is 286 g/mol. The molecule has 1 aromatic carbocycles. The third-order valence-electron chi connectivity index (χ3n) is 4.18. The predicted molar refractivity (Wildman–Crippen MR) is 83.8 cm³/mol. The number of piperidine rings is 1. The molecule has 5 heteroatoms. The number of hydrogen-bond donors (Lipinski definition) is 1. The first kappa shape index (κ1) is 15.9. The normalized spacial score (nSPS) is 22.1. The van der Waals surface area contributed by atoms with Crippen LogP contribution in [0.15, 0.2) is 23.1 Å². The second kappa shape index (κ2) is 6.52. The Labute approximate surface area is 129 Å². The van der Waals surface area contributed by atoms with Crippen LogP contribution in [0.3, 0.4) is 0 Å². The smallest absolute Gasteiger partial charge is 0.306 e. The Balaban J connectivity index is 2.16. The minimum Gasteiger partial charge on any atom is -0.481 e. The molecule has 1 fully saturated rings. The lowest BCUT2D eigenvalue weighted by molar-refractivity contribution is -0.145. The van der Waals surface area contributed by atoms with Gasteiger partial charge in [0.1, 0.15) is 0 Å². The van der Waals surface area contributed by atoms with Gasteiger partial charge in [0.15, 0.2) is 0 Å². The lowest BCUT2D eigenvalue weighted by Crippen LogP contribution is -2.45. The zero-order valence-electron chi connectivity index (χ0n) is 12.6. The second-order valence-electron chi connectivity index (χ2n) is 5.64. The lowest BCUT2D eigenvalue weighted by atomic mass is 9.86. The maximum Gasteiger partial charge on any atom is 0.306 e. The summed E-state index contributed by atoms with van der Waals surface area (Å²) in [4.78, 5) is 26.7. The van der Waals surface area contributed by atoms with E-state index >= 15 is 0 Å². The number of carboxylic acids is 1. The van der Waals surface area contributed by atoms with Crippen molar-refractivity contribution in [1.82, 2.24) is 4.90 Å². The number of benzene rings is 1. The highest BCUT2D eigenvalue weighted by Gasteiger charge is 2.33. The summed E-state index contributed by atoms with van der Waals surface area (Å²) >= 11 is 1.61. The third kappa shape index (κ3) is 3.40. The topological polar surface area (TPSA) is 57.6 Å². The van der Waals surface area contributed by atoms with Crippen LogP contribution in [0, 0.1) is 18.8 Å². The Morgan fingerprint density at radius 3 is 2.67 bits per heavy atom. The van der Waals surface area contributed by atoms with Gasteiger partial charge in [0.05, 0.1) is 5.92 Å². The Morgan fingerprint density at radius 2 is 2.10 bits per heavy atom. The van der Waals surface area contributed by atoms with E-state index in [0.29, 0.717) is 19.5 Å². The van der Waals surface area contributed by atoms with Crippen LogP contribution in [0.25, 0.3) is 0 Å². The van der Waals surface area contributed by atoms with E-state index < -0.39 is 5.97 Å². The maximum atomic E-state index is 12.7. The van der Waals surface area contributed by atoms with Gasteiger partial charge in [0.25, 0.3) is 5.91 Å². The number of carboxylic acid groups (broad SMARTS) is 1. The molecule has 0 bridgehead atoms. The number of thioether (sulfide) groups is 1. The van der Waals surface area contributed by atoms with Crippen molar-refractivity contribution in [2.45, 2.75) is 25.2 Å². The SMILES string of the molecule is CSc1ccc(C)c(C(=O)N2CCC(C(=O)O)C(C)C2)c1. The van der Waals surface area contributed by atoms with Crippen molar-refractivity contribution < 1.29 is 14.7 Å². The molecule has 1 saturated heterocycles. The van der Waals surface area contributed by atoms with E-state index in [4.69, 9.17) is 5.11 Å². The first-order valence-electron chi connectivity index (χ1n) is 7.10. The number of nitrogens with zero attached hydrogens (tertiary/aromatic N) is 1. The lowest BCUT2D eigenvalue weighted by Gasteiger charge is -2.35. The number of hydrogen-bond acceptors (Lipinski definition) is 3. The van der Waals surface area contributed by atoms with Gasteiger partial charge in [-0.05, 0) is 43.2 Å². The number of carbonyl (C=O) groups is 2. The summed E-state index contributed by atoms with van der Waals surface area (Å²) in [6, 6.07) is 5.90. The minimum atomic E-state index is -0.754. The van der Waals surface area contributed by atoms with Gasteiger partial charge < -0.3 is 10.0 Å². The van der Waals surface area contributed by atoms with Crippen molar-refractivity contribution in [2.24, 2.45) is 11.8 Å². The zero-order chi connectivity index (χ0) is 15.6. The van der Waals surface area contributed by atoms with Gasteiger partial charge in [0, 0.05) is 23.5 Å². The molecule has 2 atom stereocenters. The number of aryl methyl sites for hydroxylation is 1. The first-order chi connectivity index (χ1) is 9.93. The van der Waals surface area contributed by atoms with E-state index in [1.165, 1.54) is 0 Å². The molecule has 114 valence electrons. The first-order valence-corrected chi connectivity index (χ1v) is 8.33. The molecule has 21 heavy (non-hydrogen) atoms. The average Bonchev–Trinajstić information content (AvgIpc) is 2.46. The Morgan fingerprint density at radius 1 is 1.38 bits per heavy atom. The molecule has 0 radical (unpaired) electrons. The molecule has 1 aromatic rings. The van der Waals surface area contributed by atoms with Crippen LogP contribution >= 0.6 is 11.8 Å². The molecule has 1 aliphatic heterocycles. The summed E-state index contributed by atoms with van der Waals surface area (Å²) in [7, 11) is 0. The molecule has 0 saturated carbocycles. The standard InChI is InChI=1S/C16H21NO3S/c1-10-4-5-12(21-3)8-14(10)15(18)17-7-6-13(16(19)20)11(2)9-17/h4-5,8,11,13H,6-7,9H2,1-3H3,(H,19,20). The van der Waals surface area contributed by atoms with Crippen LogP contribution in [0.2, 0.25) is 0 Å². The summed E-state index contributed by atoms with van der Waals surface area (Å²) in [6.45, 7) is 4.87. The van der Waals surface area contributed by atoms with Crippen LogP contribution in [-0.2, 0) is 4.79 Å². The molecule has 1 N–H and O–H groups in total. The second-order valence-corrected chi connectivity index (χ2v) is 6.52. The summed E-state index contributed by atoms with van der Waals surface area (Å²) in [5, 5.41) is 9.16. The van der Waals surface area contributed by atoms with Crippen molar-refractivity contribution in [2.75, 3.05) is 19.3 Å². The van der Waals surface area contributed by atoms with E-state index in [0.717, 1.165) is 16.0 Å². The van der Waals surface area contributed by atoms with Crippen molar-refractivity contribution in [1.29, 1.82) is 0 Å². The number of amides is 1. The van der Waals surface area contributed by atoms with Gasteiger partial charge in [-0.1, -0.05) is 13.0 Å². The highest BCUT2D eigenvalue weighted by atomic mass is 32.2. The Bertz CT molecular complexity index is 558. The van der Waals surface area contributed by atoms with Gasteiger partial charge >= 0.3 is 5.97 Å². The number of aliphatic carboxylic acids is 1.